The maximum Gasteiger partial charge on any atom is 0.434 e. The molecule has 20 heavy (non-hydrogen) atoms. The molecule has 2 nitrogen and oxygen atoms in total. The predicted octanol–water partition coefficient (Wildman–Crippen LogP) is 4.62. The van der Waals surface area contributed by atoms with Crippen LogP contribution in [-0.4, -0.2) is 17.3 Å². The number of halogens is 3. The molecule has 2 rings (SSSR count). The molecule has 0 spiro atoms. The molecule has 0 radical (unpaired) electrons. The van der Waals surface area contributed by atoms with E-state index in [1.54, 1.807) is 11.8 Å². The molecule has 1 aromatic heterocycles. The van der Waals surface area contributed by atoms with Crippen molar-refractivity contribution in [3.05, 3.63) is 15.6 Å². The van der Waals surface area contributed by atoms with Crippen LogP contribution in [0.4, 0.5) is 13.2 Å². The van der Waals surface area contributed by atoms with Gasteiger partial charge in [0.2, 0.25) is 0 Å². The van der Waals surface area contributed by atoms with Crippen molar-refractivity contribution in [3.63, 3.8) is 0 Å². The first-order chi connectivity index (χ1) is 9.52. The van der Waals surface area contributed by atoms with Crippen molar-refractivity contribution in [2.45, 2.75) is 50.6 Å². The van der Waals surface area contributed by atoms with Gasteiger partial charge in [-0.2, -0.15) is 24.9 Å². The van der Waals surface area contributed by atoms with Crippen LogP contribution in [0.3, 0.4) is 0 Å². The number of rotatable bonds is 5. The van der Waals surface area contributed by atoms with Crippen LogP contribution >= 0.6 is 23.1 Å². The smallest absolute Gasteiger partial charge is 0.312 e. The molecule has 0 aliphatic carbocycles. The molecule has 0 aromatic carbocycles. The minimum Gasteiger partial charge on any atom is -0.312 e. The summed E-state index contributed by atoms with van der Waals surface area (Å²) < 4.78 is 39.1. The number of aromatic nitrogens is 1. The third-order valence-electron chi connectivity index (χ3n) is 3.15. The van der Waals surface area contributed by atoms with Crippen molar-refractivity contribution in [1.29, 1.82) is 0 Å². The topological polar surface area (TPSA) is 24.9 Å². The first-order valence-electron chi connectivity index (χ1n) is 6.91. The van der Waals surface area contributed by atoms with Crippen molar-refractivity contribution in [2.24, 2.45) is 0 Å². The normalized spacial score (nSPS) is 20.3. The minimum absolute atomic E-state index is 0.148. The van der Waals surface area contributed by atoms with Crippen LogP contribution in [0, 0.1) is 0 Å². The van der Waals surface area contributed by atoms with E-state index in [1.165, 1.54) is 11.3 Å². The van der Waals surface area contributed by atoms with Crippen LogP contribution in [0.15, 0.2) is 0 Å². The molecule has 1 saturated heterocycles. The maximum atomic E-state index is 13.0. The molecule has 1 fully saturated rings. The van der Waals surface area contributed by atoms with Gasteiger partial charge < -0.3 is 5.32 Å². The second kappa shape index (κ2) is 7.13. The van der Waals surface area contributed by atoms with E-state index in [9.17, 15) is 13.2 Å². The Morgan fingerprint density at radius 2 is 2.15 bits per heavy atom. The Balaban J connectivity index is 2.17. The van der Waals surface area contributed by atoms with Gasteiger partial charge in [-0.1, -0.05) is 13.3 Å². The average Bonchev–Trinajstić information content (AvgIpc) is 2.84. The molecule has 1 N–H and O–H groups in total. The van der Waals surface area contributed by atoms with Crippen molar-refractivity contribution in [3.8, 4) is 0 Å². The Kier molecular flexibility index (Phi) is 5.74. The fourth-order valence-corrected chi connectivity index (χ4v) is 4.77. The van der Waals surface area contributed by atoms with Crippen LogP contribution in [-0.2, 0) is 12.7 Å². The van der Waals surface area contributed by atoms with Crippen LogP contribution in [0.2, 0.25) is 0 Å². The molecule has 1 atom stereocenters. The van der Waals surface area contributed by atoms with Crippen molar-refractivity contribution in [2.75, 3.05) is 12.3 Å². The number of hydrogen-bond acceptors (Lipinski definition) is 4. The lowest BCUT2D eigenvalue weighted by molar-refractivity contribution is -0.141. The van der Waals surface area contributed by atoms with E-state index >= 15 is 0 Å². The van der Waals surface area contributed by atoms with Crippen LogP contribution in [0.5, 0.6) is 0 Å². The number of alkyl halides is 3. The first-order valence-corrected chi connectivity index (χ1v) is 8.78. The summed E-state index contributed by atoms with van der Waals surface area (Å²) >= 11 is 2.97. The summed E-state index contributed by atoms with van der Waals surface area (Å²) in [6.07, 6.45) is -0.258. The summed E-state index contributed by atoms with van der Waals surface area (Å²) in [6.45, 7) is 2.98. The molecular weight excluding hydrogens is 305 g/mol. The third-order valence-corrected chi connectivity index (χ3v) is 5.85. The summed E-state index contributed by atoms with van der Waals surface area (Å²) in [5.74, 6) is 1.02. The number of thiazole rings is 1. The second-order valence-electron chi connectivity index (χ2n) is 4.85. The lowest BCUT2D eigenvalue weighted by Crippen LogP contribution is -2.17. The number of thioether (sulfide) groups is 1. The summed E-state index contributed by atoms with van der Waals surface area (Å²) in [6, 6.07) is 0. The summed E-state index contributed by atoms with van der Waals surface area (Å²) in [4.78, 5) is 4.24. The van der Waals surface area contributed by atoms with Crippen LogP contribution in [0.25, 0.3) is 0 Å². The van der Waals surface area contributed by atoms with E-state index in [0.717, 1.165) is 38.0 Å². The SMILES string of the molecule is CCCNCc1sc(C2CCCCS2)nc1C(F)(F)F. The zero-order valence-corrected chi connectivity index (χ0v) is 13.1. The van der Waals surface area contributed by atoms with Crippen LogP contribution in [0.1, 0.15) is 53.4 Å². The van der Waals surface area contributed by atoms with E-state index in [2.05, 4.69) is 10.3 Å². The molecule has 0 amide bonds. The van der Waals surface area contributed by atoms with Gasteiger partial charge in [0.15, 0.2) is 5.69 Å². The highest BCUT2D eigenvalue weighted by Gasteiger charge is 2.38. The van der Waals surface area contributed by atoms with Crippen molar-refractivity contribution >= 4 is 23.1 Å². The quantitative estimate of drug-likeness (QED) is 0.800. The highest BCUT2D eigenvalue weighted by Crippen LogP contribution is 2.43. The van der Waals surface area contributed by atoms with Crippen LogP contribution < -0.4 is 5.32 Å². The highest BCUT2D eigenvalue weighted by atomic mass is 32.2. The number of nitrogens with one attached hydrogen (secondary N) is 1. The highest BCUT2D eigenvalue weighted by molar-refractivity contribution is 7.99. The summed E-state index contributed by atoms with van der Waals surface area (Å²) in [7, 11) is 0. The standard InChI is InChI=1S/C13H19F3N2S2/c1-2-6-17-8-10-11(13(14,15)16)18-12(20-10)9-5-3-4-7-19-9/h9,17H,2-8H2,1H3. The van der Waals surface area contributed by atoms with Gasteiger partial charge in [0, 0.05) is 6.54 Å². The summed E-state index contributed by atoms with van der Waals surface area (Å²) in [5, 5.41) is 3.84. The van der Waals surface area contributed by atoms with Gasteiger partial charge in [0.25, 0.3) is 0 Å². The van der Waals surface area contributed by atoms with Gasteiger partial charge >= 0.3 is 6.18 Å². The fraction of sp³-hybridized carbons (Fsp3) is 0.769. The van der Waals surface area contributed by atoms with Gasteiger partial charge in [-0.3, -0.25) is 0 Å². The monoisotopic (exact) mass is 324 g/mol. The Morgan fingerprint density at radius 1 is 1.35 bits per heavy atom. The Morgan fingerprint density at radius 3 is 2.75 bits per heavy atom. The van der Waals surface area contributed by atoms with Gasteiger partial charge in [-0.05, 0) is 31.6 Å². The molecule has 1 aliphatic heterocycles. The lowest BCUT2D eigenvalue weighted by atomic mass is 10.2. The van der Waals surface area contributed by atoms with Gasteiger partial charge in [-0.15, -0.1) is 11.3 Å². The first kappa shape index (κ1) is 16.1. The van der Waals surface area contributed by atoms with E-state index < -0.39 is 11.9 Å². The van der Waals surface area contributed by atoms with E-state index in [1.807, 2.05) is 6.92 Å². The largest absolute Gasteiger partial charge is 0.434 e. The zero-order chi connectivity index (χ0) is 14.6. The Bertz CT molecular complexity index is 426. The Hall–Kier alpha value is -0.270. The van der Waals surface area contributed by atoms with Crippen molar-refractivity contribution < 1.29 is 13.2 Å². The van der Waals surface area contributed by atoms with Gasteiger partial charge in [0.1, 0.15) is 5.01 Å². The summed E-state index contributed by atoms with van der Waals surface area (Å²) in [5.41, 5.74) is -0.688. The van der Waals surface area contributed by atoms with Gasteiger partial charge in [-0.25, -0.2) is 4.98 Å². The molecule has 0 bridgehead atoms. The number of hydrogen-bond donors (Lipinski definition) is 1. The zero-order valence-electron chi connectivity index (χ0n) is 11.4. The molecular formula is C13H19F3N2S2. The molecule has 114 valence electrons. The molecule has 2 heterocycles. The molecule has 1 aliphatic rings. The van der Waals surface area contributed by atoms with E-state index in [4.69, 9.17) is 0 Å². The molecule has 1 aromatic rings. The average molecular weight is 324 g/mol. The lowest BCUT2D eigenvalue weighted by Gasteiger charge is -2.18. The van der Waals surface area contributed by atoms with E-state index in [0.29, 0.717) is 9.88 Å². The molecule has 7 heteroatoms. The molecule has 0 saturated carbocycles. The van der Waals surface area contributed by atoms with Gasteiger partial charge in [0.05, 0.1) is 10.1 Å². The molecule has 1 unspecified atom stereocenters. The third kappa shape index (κ3) is 4.11. The second-order valence-corrected chi connectivity index (χ2v) is 7.28. The maximum absolute atomic E-state index is 13.0. The minimum atomic E-state index is -4.35. The Labute approximate surface area is 125 Å². The fourth-order valence-electron chi connectivity index (χ4n) is 2.16. The van der Waals surface area contributed by atoms with E-state index in [-0.39, 0.29) is 11.8 Å². The number of nitrogens with zero attached hydrogens (tertiary/aromatic N) is 1. The predicted molar refractivity (Wildman–Crippen MR) is 78.2 cm³/mol. The van der Waals surface area contributed by atoms with Crippen molar-refractivity contribution in [1.82, 2.24) is 10.3 Å².